The first-order chi connectivity index (χ1) is 12.6. The van der Waals surface area contributed by atoms with Gasteiger partial charge in [0.1, 0.15) is 5.82 Å². The summed E-state index contributed by atoms with van der Waals surface area (Å²) >= 11 is 1.58. The zero-order chi connectivity index (χ0) is 18.1. The number of pyridine rings is 1. The lowest BCUT2D eigenvalue weighted by atomic mass is 10.0. The minimum Gasteiger partial charge on any atom is -0.368 e. The summed E-state index contributed by atoms with van der Waals surface area (Å²) in [6.45, 7) is 3.52. The number of aromatic nitrogens is 4. The molecule has 1 saturated heterocycles. The van der Waals surface area contributed by atoms with E-state index in [1.807, 2.05) is 19.1 Å². The number of hydrogen-bond donors (Lipinski definition) is 2. The van der Waals surface area contributed by atoms with E-state index in [1.54, 1.807) is 17.5 Å². The number of thiazole rings is 1. The number of aryl methyl sites for hydroxylation is 1. The standard InChI is InChI=1S/C17H18N8S/c1-10-7-13(24-16(19)21-10)23-15-14-12(4-5-20-15)22-17(26-14)25-6-2-3-11(8-18)9-25/h4-5,7,11H,2-3,6,9H2,1H3,(H3,19,20,21,23,24). The Labute approximate surface area is 154 Å². The number of nitrogens with two attached hydrogens (primary N) is 1. The van der Waals surface area contributed by atoms with Crippen LogP contribution < -0.4 is 16.0 Å². The summed E-state index contributed by atoms with van der Waals surface area (Å²) in [6.07, 6.45) is 3.69. The smallest absolute Gasteiger partial charge is 0.222 e. The fourth-order valence-corrected chi connectivity index (χ4v) is 4.14. The Morgan fingerprint density at radius 2 is 2.27 bits per heavy atom. The van der Waals surface area contributed by atoms with Crippen LogP contribution in [0.3, 0.4) is 0 Å². The molecule has 1 aliphatic rings. The Morgan fingerprint density at radius 3 is 3.08 bits per heavy atom. The van der Waals surface area contributed by atoms with Crippen molar-refractivity contribution in [2.24, 2.45) is 5.92 Å². The molecule has 1 unspecified atom stereocenters. The van der Waals surface area contributed by atoms with E-state index in [1.165, 1.54) is 0 Å². The van der Waals surface area contributed by atoms with Crippen molar-refractivity contribution in [2.45, 2.75) is 19.8 Å². The van der Waals surface area contributed by atoms with Gasteiger partial charge < -0.3 is 16.0 Å². The summed E-state index contributed by atoms with van der Waals surface area (Å²) < 4.78 is 0.955. The summed E-state index contributed by atoms with van der Waals surface area (Å²) in [5.41, 5.74) is 7.39. The van der Waals surface area contributed by atoms with Crippen LogP contribution in [0.1, 0.15) is 18.5 Å². The molecular formula is C17H18N8S. The third-order valence-corrected chi connectivity index (χ3v) is 5.42. The van der Waals surface area contributed by atoms with E-state index in [2.05, 4.69) is 31.2 Å². The second kappa shape index (κ2) is 6.72. The molecule has 0 radical (unpaired) electrons. The lowest BCUT2D eigenvalue weighted by Crippen LogP contribution is -2.34. The summed E-state index contributed by atoms with van der Waals surface area (Å²) in [5, 5.41) is 13.4. The van der Waals surface area contributed by atoms with Gasteiger partial charge in [-0.2, -0.15) is 10.2 Å². The highest BCUT2D eigenvalue weighted by atomic mass is 32.1. The fourth-order valence-electron chi connectivity index (χ4n) is 3.10. The van der Waals surface area contributed by atoms with Gasteiger partial charge in [0.25, 0.3) is 0 Å². The van der Waals surface area contributed by atoms with Gasteiger partial charge in [-0.05, 0) is 25.8 Å². The van der Waals surface area contributed by atoms with Crippen LogP contribution in [0.15, 0.2) is 18.3 Å². The molecule has 0 saturated carbocycles. The predicted molar refractivity (Wildman–Crippen MR) is 102 cm³/mol. The van der Waals surface area contributed by atoms with Crippen LogP contribution in [0.2, 0.25) is 0 Å². The quantitative estimate of drug-likeness (QED) is 0.727. The highest BCUT2D eigenvalue weighted by Crippen LogP contribution is 2.35. The summed E-state index contributed by atoms with van der Waals surface area (Å²) in [5.74, 6) is 1.59. The lowest BCUT2D eigenvalue weighted by molar-refractivity contribution is 0.493. The highest BCUT2D eigenvalue weighted by Gasteiger charge is 2.22. The van der Waals surface area contributed by atoms with E-state index < -0.39 is 0 Å². The van der Waals surface area contributed by atoms with Crippen LogP contribution in [0.25, 0.3) is 10.2 Å². The van der Waals surface area contributed by atoms with Crippen LogP contribution >= 0.6 is 11.3 Å². The molecule has 0 spiro atoms. The minimum absolute atomic E-state index is 0.0680. The molecular weight excluding hydrogens is 348 g/mol. The van der Waals surface area contributed by atoms with Gasteiger partial charge in [-0.3, -0.25) is 0 Å². The second-order valence-electron chi connectivity index (χ2n) is 6.30. The Bertz CT molecular complexity index is 972. The topological polar surface area (TPSA) is 117 Å². The van der Waals surface area contributed by atoms with Crippen molar-refractivity contribution in [2.75, 3.05) is 29.0 Å². The van der Waals surface area contributed by atoms with Gasteiger partial charge in [-0.1, -0.05) is 11.3 Å². The SMILES string of the molecule is Cc1cc(Nc2nccc3nc(N4CCCC(C#N)C4)sc23)nc(N)n1. The fraction of sp³-hybridized carbons (Fsp3) is 0.353. The molecule has 0 aromatic carbocycles. The van der Waals surface area contributed by atoms with Crippen molar-refractivity contribution in [1.29, 1.82) is 5.26 Å². The van der Waals surface area contributed by atoms with E-state index >= 15 is 0 Å². The van der Waals surface area contributed by atoms with Gasteiger partial charge in [0.2, 0.25) is 5.95 Å². The number of fused-ring (bicyclic) bond motifs is 1. The number of piperidine rings is 1. The molecule has 26 heavy (non-hydrogen) atoms. The molecule has 0 aliphatic carbocycles. The number of nitrogen functional groups attached to an aromatic ring is 1. The van der Waals surface area contributed by atoms with Gasteiger partial charge >= 0.3 is 0 Å². The van der Waals surface area contributed by atoms with Crippen LogP contribution in [-0.4, -0.2) is 33.0 Å². The van der Waals surface area contributed by atoms with Crippen molar-refractivity contribution in [3.05, 3.63) is 24.0 Å². The first-order valence-corrected chi connectivity index (χ1v) is 9.22. The third kappa shape index (κ3) is 3.23. The Morgan fingerprint density at radius 1 is 1.38 bits per heavy atom. The average molecular weight is 366 g/mol. The van der Waals surface area contributed by atoms with Crippen molar-refractivity contribution in [3.8, 4) is 6.07 Å². The van der Waals surface area contributed by atoms with Crippen LogP contribution in [0.5, 0.6) is 0 Å². The summed E-state index contributed by atoms with van der Waals surface area (Å²) in [6, 6.07) is 6.09. The van der Waals surface area contributed by atoms with E-state index in [9.17, 15) is 5.26 Å². The minimum atomic E-state index is 0.0680. The molecule has 1 atom stereocenters. The molecule has 9 heteroatoms. The highest BCUT2D eigenvalue weighted by molar-refractivity contribution is 7.22. The van der Waals surface area contributed by atoms with Gasteiger partial charge in [0.15, 0.2) is 10.9 Å². The summed E-state index contributed by atoms with van der Waals surface area (Å²) in [7, 11) is 0. The van der Waals surface area contributed by atoms with Crippen LogP contribution in [0, 0.1) is 24.2 Å². The first-order valence-electron chi connectivity index (χ1n) is 8.40. The number of nitriles is 1. The molecule has 1 aliphatic heterocycles. The van der Waals surface area contributed by atoms with E-state index in [4.69, 9.17) is 10.7 Å². The molecule has 0 bridgehead atoms. The first kappa shape index (κ1) is 16.5. The zero-order valence-electron chi connectivity index (χ0n) is 14.3. The van der Waals surface area contributed by atoms with E-state index in [-0.39, 0.29) is 11.9 Å². The molecule has 4 heterocycles. The van der Waals surface area contributed by atoms with Crippen molar-refractivity contribution in [3.63, 3.8) is 0 Å². The normalized spacial score (nSPS) is 17.2. The second-order valence-corrected chi connectivity index (χ2v) is 7.27. The number of hydrogen-bond acceptors (Lipinski definition) is 9. The molecule has 3 aromatic heterocycles. The molecule has 4 rings (SSSR count). The monoisotopic (exact) mass is 366 g/mol. The Hall–Kier alpha value is -2.99. The lowest BCUT2D eigenvalue weighted by Gasteiger charge is -2.28. The molecule has 3 N–H and O–H groups in total. The molecule has 1 fully saturated rings. The van der Waals surface area contributed by atoms with Crippen molar-refractivity contribution in [1.82, 2.24) is 19.9 Å². The molecule has 0 amide bonds. The molecule has 132 valence electrons. The maximum Gasteiger partial charge on any atom is 0.222 e. The number of rotatable bonds is 3. The maximum absolute atomic E-state index is 9.21. The molecule has 8 nitrogen and oxygen atoms in total. The maximum atomic E-state index is 9.21. The largest absolute Gasteiger partial charge is 0.368 e. The zero-order valence-corrected chi connectivity index (χ0v) is 15.1. The van der Waals surface area contributed by atoms with E-state index in [0.29, 0.717) is 11.6 Å². The number of anilines is 4. The van der Waals surface area contributed by atoms with Crippen LogP contribution in [-0.2, 0) is 0 Å². The average Bonchev–Trinajstić information content (AvgIpc) is 3.06. The van der Waals surface area contributed by atoms with Gasteiger partial charge in [0, 0.05) is 31.0 Å². The predicted octanol–water partition coefficient (Wildman–Crippen LogP) is 2.86. The van der Waals surface area contributed by atoms with Crippen molar-refractivity contribution < 1.29 is 0 Å². The van der Waals surface area contributed by atoms with E-state index in [0.717, 1.165) is 47.0 Å². The Kier molecular flexibility index (Phi) is 4.26. The number of nitrogens with zero attached hydrogens (tertiary/aromatic N) is 6. The Balaban J connectivity index is 1.66. The van der Waals surface area contributed by atoms with Gasteiger partial charge in [0.05, 0.1) is 22.2 Å². The number of nitrogens with one attached hydrogen (secondary N) is 1. The van der Waals surface area contributed by atoms with Crippen LogP contribution in [0.4, 0.5) is 22.7 Å². The van der Waals surface area contributed by atoms with Gasteiger partial charge in [-0.25, -0.2) is 15.0 Å². The summed E-state index contributed by atoms with van der Waals surface area (Å²) in [4.78, 5) is 19.7. The van der Waals surface area contributed by atoms with Crippen molar-refractivity contribution >= 4 is 44.3 Å². The third-order valence-electron chi connectivity index (χ3n) is 4.29. The van der Waals surface area contributed by atoms with Gasteiger partial charge in [-0.15, -0.1) is 0 Å². The molecule has 3 aromatic rings.